The van der Waals surface area contributed by atoms with Crippen LogP contribution in [0.2, 0.25) is 0 Å². The lowest BCUT2D eigenvalue weighted by atomic mass is 10.1. The third kappa shape index (κ3) is 2.37. The average Bonchev–Trinajstić information content (AvgIpc) is 2.66. The van der Waals surface area contributed by atoms with Crippen LogP contribution in [0.1, 0.15) is 12.6 Å². The highest BCUT2D eigenvalue weighted by Gasteiger charge is 2.16. The highest BCUT2D eigenvalue weighted by atomic mass is 79.9. The molecule has 0 amide bonds. The van der Waals surface area contributed by atoms with E-state index in [0.717, 1.165) is 15.7 Å². The molecule has 0 bridgehead atoms. The molecule has 0 aliphatic carbocycles. The lowest BCUT2D eigenvalue weighted by molar-refractivity contribution is 0.628. The molecule has 2 aromatic rings. The normalized spacial score (nSPS) is 10.8. The fourth-order valence-electron chi connectivity index (χ4n) is 1.56. The average molecular weight is 319 g/mol. The molecule has 90 valence electrons. The Morgan fingerprint density at radius 3 is 2.47 bits per heavy atom. The smallest absolute Gasteiger partial charge is 0.187 e. The van der Waals surface area contributed by atoms with Crippen LogP contribution >= 0.6 is 28.3 Å². The monoisotopic (exact) mass is 318 g/mol. The van der Waals surface area contributed by atoms with Crippen molar-refractivity contribution in [1.82, 2.24) is 9.19 Å². The van der Waals surface area contributed by atoms with E-state index in [0.29, 0.717) is 12.1 Å². The van der Waals surface area contributed by atoms with E-state index in [9.17, 15) is 8.28 Å². The molecule has 0 saturated heterocycles. The zero-order chi connectivity index (χ0) is 12.4. The van der Waals surface area contributed by atoms with Gasteiger partial charge in [-0.15, -0.1) is 3.89 Å². The third-order valence-corrected chi connectivity index (χ3v) is 3.67. The Morgan fingerprint density at radius 1 is 1.35 bits per heavy atom. The Kier molecular flexibility index (Phi) is 3.83. The number of benzene rings is 1. The van der Waals surface area contributed by atoms with Crippen molar-refractivity contribution in [3.63, 3.8) is 0 Å². The summed E-state index contributed by atoms with van der Waals surface area (Å²) in [7, 11) is 0. The van der Waals surface area contributed by atoms with Crippen molar-refractivity contribution >= 4 is 28.3 Å². The van der Waals surface area contributed by atoms with E-state index >= 15 is 0 Å². The van der Waals surface area contributed by atoms with E-state index < -0.39 is 0 Å². The lowest BCUT2D eigenvalue weighted by Gasteiger charge is -1.97. The highest BCUT2D eigenvalue weighted by molar-refractivity contribution is 9.10. The minimum absolute atomic E-state index is 0.0543. The van der Waals surface area contributed by atoms with Crippen molar-refractivity contribution in [3.8, 4) is 11.3 Å². The molecule has 0 atom stereocenters. The zero-order valence-corrected chi connectivity index (χ0v) is 11.4. The molecular formula is C11H9BrF2N2S. The molecule has 0 unspecified atom stereocenters. The van der Waals surface area contributed by atoms with Crippen LogP contribution in [0.4, 0.5) is 8.28 Å². The summed E-state index contributed by atoms with van der Waals surface area (Å²) < 4.78 is 27.5. The highest BCUT2D eigenvalue weighted by Crippen LogP contribution is 2.32. The molecule has 0 spiro atoms. The van der Waals surface area contributed by atoms with E-state index in [1.165, 1.54) is 16.2 Å². The maximum absolute atomic E-state index is 12.8. The van der Waals surface area contributed by atoms with Crippen LogP contribution < -0.4 is 0 Å². The number of hydrogen-bond donors (Lipinski definition) is 0. The van der Waals surface area contributed by atoms with Crippen molar-refractivity contribution in [2.75, 3.05) is 0 Å². The predicted molar refractivity (Wildman–Crippen MR) is 68.8 cm³/mol. The zero-order valence-electron chi connectivity index (χ0n) is 8.95. The Morgan fingerprint density at radius 2 is 2.00 bits per heavy atom. The van der Waals surface area contributed by atoms with Gasteiger partial charge in [0.2, 0.25) is 0 Å². The van der Waals surface area contributed by atoms with E-state index in [1.54, 1.807) is 12.1 Å². The van der Waals surface area contributed by atoms with Crippen LogP contribution in [0.3, 0.4) is 0 Å². The second-order valence-electron chi connectivity index (χ2n) is 3.41. The van der Waals surface area contributed by atoms with Crippen LogP contribution in [0.25, 0.3) is 11.3 Å². The van der Waals surface area contributed by atoms with Crippen LogP contribution in [0.5, 0.6) is 0 Å². The molecule has 6 heteroatoms. The fraction of sp³-hybridized carbons (Fsp3) is 0.182. The Bertz CT molecular complexity index is 525. The lowest BCUT2D eigenvalue weighted by Crippen LogP contribution is -1.92. The molecule has 0 aliphatic rings. The van der Waals surface area contributed by atoms with E-state index in [1.807, 2.05) is 6.92 Å². The Hall–Kier alpha value is -0.880. The van der Waals surface area contributed by atoms with E-state index in [4.69, 9.17) is 0 Å². The molecule has 0 aliphatic heterocycles. The summed E-state index contributed by atoms with van der Waals surface area (Å²) in [5.74, 6) is -0.306. The molecule has 0 N–H and O–H groups in total. The minimum Gasteiger partial charge on any atom is -0.207 e. The number of halogens is 3. The van der Waals surface area contributed by atoms with Gasteiger partial charge < -0.3 is 0 Å². The summed E-state index contributed by atoms with van der Waals surface area (Å²) in [4.78, 5) is 0. The Labute approximate surface area is 111 Å². The number of hydrogen-bond acceptors (Lipinski definition) is 2. The molecule has 1 aromatic carbocycles. The summed E-state index contributed by atoms with van der Waals surface area (Å²) in [6, 6.07) is 5.95. The molecule has 0 radical (unpaired) electrons. The van der Waals surface area contributed by atoms with Crippen LogP contribution in [0, 0.1) is 5.82 Å². The summed E-state index contributed by atoms with van der Waals surface area (Å²) in [6.07, 6.45) is 0.658. The topological polar surface area (TPSA) is 17.8 Å². The first-order valence-corrected chi connectivity index (χ1v) is 6.46. The van der Waals surface area contributed by atoms with Gasteiger partial charge in [-0.3, -0.25) is 0 Å². The molecule has 0 saturated carbocycles. The van der Waals surface area contributed by atoms with Gasteiger partial charge in [-0.1, -0.05) is 6.92 Å². The van der Waals surface area contributed by atoms with Gasteiger partial charge in [0.25, 0.3) is 0 Å². The van der Waals surface area contributed by atoms with Crippen LogP contribution in [-0.2, 0) is 6.42 Å². The van der Waals surface area contributed by atoms with E-state index in [2.05, 4.69) is 21.0 Å². The van der Waals surface area contributed by atoms with Gasteiger partial charge in [0, 0.05) is 5.56 Å². The maximum Gasteiger partial charge on any atom is 0.187 e. The number of aromatic nitrogens is 2. The Balaban J connectivity index is 2.52. The number of nitrogens with zero attached hydrogens (tertiary/aromatic N) is 2. The molecule has 0 fully saturated rings. The van der Waals surface area contributed by atoms with Gasteiger partial charge in [0.05, 0.1) is 10.2 Å². The standard InChI is InChI=1S/C11H9BrF2N2S/c1-2-9-10(12)11(15-16(9)17-14)7-3-5-8(13)6-4-7/h3-6H,2H2,1H3. The van der Waals surface area contributed by atoms with Crippen molar-refractivity contribution < 1.29 is 8.28 Å². The summed E-state index contributed by atoms with van der Waals surface area (Å²) in [5.41, 5.74) is 2.13. The van der Waals surface area contributed by atoms with Crippen molar-refractivity contribution in [3.05, 3.63) is 40.2 Å². The minimum atomic E-state index is -0.306. The molecule has 1 aromatic heterocycles. The van der Waals surface area contributed by atoms with Crippen molar-refractivity contribution in [2.45, 2.75) is 13.3 Å². The fourth-order valence-corrected chi connectivity index (χ4v) is 2.85. The van der Waals surface area contributed by atoms with Gasteiger partial charge >= 0.3 is 0 Å². The maximum atomic E-state index is 12.8. The van der Waals surface area contributed by atoms with Crippen LogP contribution in [0.15, 0.2) is 28.7 Å². The van der Waals surface area contributed by atoms with Gasteiger partial charge in [-0.25, -0.2) is 4.39 Å². The third-order valence-electron chi connectivity index (χ3n) is 2.40. The summed E-state index contributed by atoms with van der Waals surface area (Å²) in [5, 5.41) is 4.13. The second kappa shape index (κ2) is 5.18. The molecule has 2 nitrogen and oxygen atoms in total. The summed E-state index contributed by atoms with van der Waals surface area (Å²) in [6.45, 7) is 1.92. The first kappa shape index (κ1) is 12.6. The number of rotatable bonds is 3. The molecular weight excluding hydrogens is 310 g/mol. The van der Waals surface area contributed by atoms with E-state index in [-0.39, 0.29) is 18.2 Å². The molecule has 1 heterocycles. The SMILES string of the molecule is CCc1c(Br)c(-c2ccc(F)cc2)nn1SF. The van der Waals surface area contributed by atoms with Gasteiger partial charge in [0.15, 0.2) is 12.3 Å². The van der Waals surface area contributed by atoms with Gasteiger partial charge in [0.1, 0.15) is 11.5 Å². The van der Waals surface area contributed by atoms with Gasteiger partial charge in [-0.05, 0) is 46.6 Å². The molecule has 2 rings (SSSR count). The predicted octanol–water partition coefficient (Wildman–Crippen LogP) is 4.39. The second-order valence-corrected chi connectivity index (χ2v) is 4.69. The van der Waals surface area contributed by atoms with Crippen molar-refractivity contribution in [2.24, 2.45) is 0 Å². The first-order chi connectivity index (χ1) is 8.17. The first-order valence-electron chi connectivity index (χ1n) is 4.99. The quantitative estimate of drug-likeness (QED) is 0.835. The van der Waals surface area contributed by atoms with Crippen LogP contribution in [-0.4, -0.2) is 9.19 Å². The largest absolute Gasteiger partial charge is 0.207 e. The summed E-state index contributed by atoms with van der Waals surface area (Å²) >= 11 is 3.46. The molecule has 17 heavy (non-hydrogen) atoms. The van der Waals surface area contributed by atoms with Gasteiger partial charge in [-0.2, -0.15) is 9.19 Å². The van der Waals surface area contributed by atoms with Crippen molar-refractivity contribution in [1.29, 1.82) is 0 Å².